The van der Waals surface area contributed by atoms with Crippen LogP contribution >= 0.6 is 11.8 Å². The van der Waals surface area contributed by atoms with Crippen molar-refractivity contribution in [3.63, 3.8) is 0 Å². The van der Waals surface area contributed by atoms with Crippen LogP contribution in [0.25, 0.3) is 5.69 Å². The van der Waals surface area contributed by atoms with Crippen LogP contribution in [0.2, 0.25) is 0 Å². The van der Waals surface area contributed by atoms with E-state index in [2.05, 4.69) is 37.5 Å². The van der Waals surface area contributed by atoms with E-state index in [1.54, 1.807) is 11.0 Å². The summed E-state index contributed by atoms with van der Waals surface area (Å²) in [5.74, 6) is 0.522. The Hall–Kier alpha value is -3.99. The summed E-state index contributed by atoms with van der Waals surface area (Å²) < 4.78 is 1.63. The van der Waals surface area contributed by atoms with Crippen molar-refractivity contribution in [2.24, 2.45) is 0 Å². The van der Waals surface area contributed by atoms with Crippen LogP contribution in [0.3, 0.4) is 0 Å². The number of nitro groups is 1. The topological polar surface area (TPSA) is 115 Å². The maximum Gasteiger partial charge on any atom is 0.353 e. The Morgan fingerprint density at radius 2 is 1.76 bits per heavy atom. The number of hydrogen-bond donors (Lipinski definition) is 1. The van der Waals surface area contributed by atoms with Crippen molar-refractivity contribution in [3.05, 3.63) is 83.7 Å². The fourth-order valence-corrected chi connectivity index (χ4v) is 5.06. The molecule has 1 N–H and O–H groups in total. The minimum Gasteiger partial charge on any atom is -0.351 e. The minimum absolute atomic E-state index is 0.114. The van der Waals surface area contributed by atoms with Crippen LogP contribution in [-0.2, 0) is 0 Å². The van der Waals surface area contributed by atoms with Gasteiger partial charge in [0.15, 0.2) is 0 Å². The van der Waals surface area contributed by atoms with Crippen LogP contribution < -0.4 is 10.2 Å². The molecule has 1 aliphatic rings. The first-order valence-electron chi connectivity index (χ1n) is 10.9. The predicted octanol–water partition coefficient (Wildman–Crippen LogP) is 4.47. The second-order valence-corrected chi connectivity index (χ2v) is 9.15. The van der Waals surface area contributed by atoms with Crippen LogP contribution in [-0.4, -0.2) is 48.0 Å². The third-order valence-corrected chi connectivity index (χ3v) is 6.94. The molecule has 2 aromatic heterocycles. The predicted molar refractivity (Wildman–Crippen MR) is 131 cm³/mol. The van der Waals surface area contributed by atoms with E-state index in [0.29, 0.717) is 29.8 Å². The summed E-state index contributed by atoms with van der Waals surface area (Å²) in [5.41, 5.74) is 1.39. The van der Waals surface area contributed by atoms with Crippen molar-refractivity contribution >= 4 is 34.8 Å². The van der Waals surface area contributed by atoms with Crippen molar-refractivity contribution in [2.75, 3.05) is 23.3 Å². The zero-order chi connectivity index (χ0) is 23.3. The average molecular weight is 475 g/mol. The van der Waals surface area contributed by atoms with Gasteiger partial charge in [-0.1, -0.05) is 18.2 Å². The normalized spacial score (nSPS) is 14.2. The summed E-state index contributed by atoms with van der Waals surface area (Å²) in [7, 11) is 0. The molecule has 0 saturated carbocycles. The van der Waals surface area contributed by atoms with Gasteiger partial charge in [0.25, 0.3) is 0 Å². The van der Waals surface area contributed by atoms with E-state index in [-0.39, 0.29) is 11.5 Å². The Morgan fingerprint density at radius 1 is 1.00 bits per heavy atom. The lowest BCUT2D eigenvalue weighted by Crippen LogP contribution is -2.35. The number of thioether (sulfide) groups is 1. The van der Waals surface area contributed by atoms with Gasteiger partial charge < -0.3 is 10.2 Å². The number of hydrogen-bond acceptors (Lipinski definition) is 9. The molecule has 0 spiro atoms. The quantitative estimate of drug-likeness (QED) is 0.306. The molecule has 0 unspecified atom stereocenters. The fraction of sp³-hybridized carbons (Fsp3) is 0.217. The molecule has 3 heterocycles. The minimum atomic E-state index is -0.410. The number of anilines is 3. The molecule has 1 fully saturated rings. The number of aromatic nitrogens is 5. The molecule has 0 atom stereocenters. The average Bonchev–Trinajstić information content (AvgIpc) is 3.40. The maximum absolute atomic E-state index is 12.0. The molecule has 0 bridgehead atoms. The molecule has 172 valence electrons. The van der Waals surface area contributed by atoms with Crippen molar-refractivity contribution in [3.8, 4) is 5.69 Å². The summed E-state index contributed by atoms with van der Waals surface area (Å²) in [6, 6.07) is 17.6. The monoisotopic (exact) mass is 474 g/mol. The molecule has 1 aliphatic heterocycles. The first-order chi connectivity index (χ1) is 16.7. The SMILES string of the molecule is O=[N+]([O-])c1c(Nc2ccc(-n3cncn3)cc2)ncnc1N1CCC(Sc2ccccc2)CC1. The lowest BCUT2D eigenvalue weighted by molar-refractivity contribution is -0.383. The van der Waals surface area contributed by atoms with Gasteiger partial charge in [-0.05, 0) is 49.2 Å². The van der Waals surface area contributed by atoms with Gasteiger partial charge in [-0.3, -0.25) is 10.1 Å². The smallest absolute Gasteiger partial charge is 0.351 e. The van der Waals surface area contributed by atoms with E-state index >= 15 is 0 Å². The Morgan fingerprint density at radius 3 is 2.44 bits per heavy atom. The van der Waals surface area contributed by atoms with Crippen LogP contribution in [0.1, 0.15) is 12.8 Å². The summed E-state index contributed by atoms with van der Waals surface area (Å²) in [5, 5.41) is 19.7. The molecule has 11 heteroatoms. The molecular weight excluding hydrogens is 452 g/mol. The fourth-order valence-electron chi connectivity index (χ4n) is 3.91. The van der Waals surface area contributed by atoms with Crippen LogP contribution in [0.5, 0.6) is 0 Å². The number of piperidine rings is 1. The molecule has 4 aromatic rings. The van der Waals surface area contributed by atoms with Crippen LogP contribution in [0.4, 0.5) is 23.0 Å². The lowest BCUT2D eigenvalue weighted by atomic mass is 10.1. The van der Waals surface area contributed by atoms with Crippen LogP contribution in [0.15, 0.2) is 78.5 Å². The van der Waals surface area contributed by atoms with E-state index in [1.165, 1.54) is 17.6 Å². The van der Waals surface area contributed by atoms with Gasteiger partial charge >= 0.3 is 5.69 Å². The van der Waals surface area contributed by atoms with Gasteiger partial charge in [-0.15, -0.1) is 11.8 Å². The highest BCUT2D eigenvalue weighted by atomic mass is 32.2. The van der Waals surface area contributed by atoms with Crippen LogP contribution in [0, 0.1) is 10.1 Å². The lowest BCUT2D eigenvalue weighted by Gasteiger charge is -2.32. The standard InChI is InChI=1S/C23H22N8O2S/c32-31(33)21-22(28-17-6-8-18(9-7-17)30-16-24-14-27-30)25-15-26-23(21)29-12-10-20(11-13-29)34-19-4-2-1-3-5-19/h1-9,14-16,20H,10-13H2,(H,25,26,28). The summed E-state index contributed by atoms with van der Waals surface area (Å²) in [6.07, 6.45) is 6.28. The molecule has 2 aromatic carbocycles. The first kappa shape index (κ1) is 21.8. The highest BCUT2D eigenvalue weighted by Crippen LogP contribution is 2.37. The summed E-state index contributed by atoms with van der Waals surface area (Å²) in [4.78, 5) is 27.2. The van der Waals surface area contributed by atoms with Gasteiger partial charge in [-0.25, -0.2) is 19.6 Å². The largest absolute Gasteiger partial charge is 0.353 e. The zero-order valence-electron chi connectivity index (χ0n) is 18.2. The second-order valence-electron chi connectivity index (χ2n) is 7.78. The van der Waals surface area contributed by atoms with E-state index in [0.717, 1.165) is 18.5 Å². The number of rotatable bonds is 7. The van der Waals surface area contributed by atoms with E-state index in [9.17, 15) is 10.1 Å². The van der Waals surface area contributed by atoms with E-state index in [4.69, 9.17) is 0 Å². The Kier molecular flexibility index (Phi) is 6.34. The molecule has 0 aliphatic carbocycles. The van der Waals surface area contributed by atoms with E-state index in [1.807, 2.05) is 59.1 Å². The molecule has 5 rings (SSSR count). The van der Waals surface area contributed by atoms with Crippen molar-refractivity contribution < 1.29 is 4.92 Å². The molecule has 10 nitrogen and oxygen atoms in total. The highest BCUT2D eigenvalue weighted by molar-refractivity contribution is 8.00. The van der Waals surface area contributed by atoms with E-state index < -0.39 is 4.92 Å². The van der Waals surface area contributed by atoms with Gasteiger partial charge in [0.05, 0.1) is 10.6 Å². The molecular formula is C23H22N8O2S. The maximum atomic E-state index is 12.0. The zero-order valence-corrected chi connectivity index (χ0v) is 19.0. The van der Waals surface area contributed by atoms with Crippen molar-refractivity contribution in [1.82, 2.24) is 24.7 Å². The van der Waals surface area contributed by atoms with Crippen molar-refractivity contribution in [1.29, 1.82) is 0 Å². The Labute approximate surface area is 200 Å². The number of nitrogens with one attached hydrogen (secondary N) is 1. The molecule has 34 heavy (non-hydrogen) atoms. The molecule has 0 amide bonds. The second kappa shape index (κ2) is 9.87. The Bertz CT molecular complexity index is 1240. The molecule has 0 radical (unpaired) electrons. The summed E-state index contributed by atoms with van der Waals surface area (Å²) >= 11 is 1.86. The van der Waals surface area contributed by atoms with Crippen molar-refractivity contribution in [2.45, 2.75) is 23.0 Å². The summed E-state index contributed by atoms with van der Waals surface area (Å²) in [6.45, 7) is 1.41. The van der Waals surface area contributed by atoms with Gasteiger partial charge in [0.2, 0.25) is 11.6 Å². The van der Waals surface area contributed by atoms with Gasteiger partial charge in [0.1, 0.15) is 19.0 Å². The number of benzene rings is 2. The van der Waals surface area contributed by atoms with Gasteiger partial charge in [0, 0.05) is 28.9 Å². The first-order valence-corrected chi connectivity index (χ1v) is 11.7. The number of nitrogens with zero attached hydrogens (tertiary/aromatic N) is 7. The molecule has 1 saturated heterocycles. The Balaban J connectivity index is 1.31. The third-order valence-electron chi connectivity index (χ3n) is 5.59. The van der Waals surface area contributed by atoms with Gasteiger partial charge in [-0.2, -0.15) is 5.10 Å². The highest BCUT2D eigenvalue weighted by Gasteiger charge is 2.30. The third kappa shape index (κ3) is 4.84.